The second kappa shape index (κ2) is 18.8. The summed E-state index contributed by atoms with van der Waals surface area (Å²) in [6.45, 7) is 15.7. The summed E-state index contributed by atoms with van der Waals surface area (Å²) >= 11 is 0. The molecule has 0 heterocycles. The van der Waals surface area contributed by atoms with Crippen molar-refractivity contribution in [2.75, 3.05) is 53.2 Å². The minimum Gasteiger partial charge on any atom is -0.462 e. The number of carbonyl (C=O) groups excluding carboxylic acids is 2. The molecule has 174 valence electrons. The third kappa shape index (κ3) is 19.9. The maximum atomic E-state index is 12.1. The number of carbonyl (C=O) groups is 2. The summed E-state index contributed by atoms with van der Waals surface area (Å²) < 4.78 is 21.2. The van der Waals surface area contributed by atoms with Crippen molar-refractivity contribution in [3.05, 3.63) is 0 Å². The molecule has 0 rings (SSSR count). The highest BCUT2D eigenvalue weighted by Crippen LogP contribution is 2.16. The van der Waals surface area contributed by atoms with Gasteiger partial charge in [0, 0.05) is 19.6 Å². The fourth-order valence-electron chi connectivity index (χ4n) is 1.97. The molecule has 0 aliphatic heterocycles. The predicted molar refractivity (Wildman–Crippen MR) is 115 cm³/mol. The first-order chi connectivity index (χ1) is 13.7. The van der Waals surface area contributed by atoms with Gasteiger partial charge in [0.1, 0.15) is 11.2 Å². The summed E-state index contributed by atoms with van der Waals surface area (Å²) in [5.74, 6) is -0.206. The van der Waals surface area contributed by atoms with Crippen molar-refractivity contribution in [2.24, 2.45) is 0 Å². The third-order valence-corrected chi connectivity index (χ3v) is 3.83. The van der Waals surface area contributed by atoms with Crippen LogP contribution in [-0.4, -0.2) is 76.8 Å². The minimum absolute atomic E-state index is 0.206. The Morgan fingerprint density at radius 1 is 0.897 bits per heavy atom. The molecule has 0 unspecified atom stereocenters. The van der Waals surface area contributed by atoms with Gasteiger partial charge in [-0.15, -0.1) is 0 Å². The standard InChI is InChI=1S/C17H33NO6.C4H11N/c1-6-9-21-12-13-22-11-8-18-15(20)17(4,5)23-10-7-16(2,3)24-14-19;1-3-4-5-2/h14H,6-13H2,1-5H3,(H,18,20);5H,3-4H2,1-2H3. The van der Waals surface area contributed by atoms with Crippen LogP contribution in [0, 0.1) is 0 Å². The minimum atomic E-state index is -0.957. The second-order valence-corrected chi connectivity index (χ2v) is 7.67. The number of nitrogens with one attached hydrogen (secondary N) is 2. The van der Waals surface area contributed by atoms with E-state index in [4.69, 9.17) is 18.9 Å². The Kier molecular flexibility index (Phi) is 19.4. The van der Waals surface area contributed by atoms with Gasteiger partial charge in [-0.1, -0.05) is 13.8 Å². The molecule has 8 nitrogen and oxygen atoms in total. The zero-order valence-corrected chi connectivity index (χ0v) is 19.6. The highest BCUT2D eigenvalue weighted by Gasteiger charge is 2.29. The Morgan fingerprint density at radius 3 is 2.00 bits per heavy atom. The number of rotatable bonds is 17. The lowest BCUT2D eigenvalue weighted by molar-refractivity contribution is -0.150. The van der Waals surface area contributed by atoms with E-state index in [1.54, 1.807) is 27.7 Å². The predicted octanol–water partition coefficient (Wildman–Crippen LogP) is 2.30. The molecule has 0 saturated heterocycles. The quantitative estimate of drug-likeness (QED) is 0.275. The molecule has 0 aromatic rings. The van der Waals surface area contributed by atoms with Crippen molar-refractivity contribution in [2.45, 2.75) is 72.0 Å². The van der Waals surface area contributed by atoms with Gasteiger partial charge in [-0.3, -0.25) is 9.59 Å². The van der Waals surface area contributed by atoms with Crippen molar-refractivity contribution >= 4 is 12.4 Å². The maximum Gasteiger partial charge on any atom is 0.293 e. The third-order valence-electron chi connectivity index (χ3n) is 3.83. The molecule has 0 radical (unpaired) electrons. The van der Waals surface area contributed by atoms with Crippen LogP contribution in [0.1, 0.15) is 60.8 Å². The van der Waals surface area contributed by atoms with Crippen LogP contribution >= 0.6 is 0 Å². The zero-order valence-electron chi connectivity index (χ0n) is 19.6. The molecule has 0 bridgehead atoms. The number of hydrogen-bond acceptors (Lipinski definition) is 7. The van der Waals surface area contributed by atoms with Crippen LogP contribution in [0.2, 0.25) is 0 Å². The Hall–Kier alpha value is -1.22. The van der Waals surface area contributed by atoms with E-state index in [-0.39, 0.29) is 5.91 Å². The average Bonchev–Trinajstić information content (AvgIpc) is 2.64. The highest BCUT2D eigenvalue weighted by atomic mass is 16.5. The van der Waals surface area contributed by atoms with E-state index in [1.165, 1.54) is 6.42 Å². The van der Waals surface area contributed by atoms with Crippen molar-refractivity contribution in [3.63, 3.8) is 0 Å². The van der Waals surface area contributed by atoms with Crippen LogP contribution in [0.15, 0.2) is 0 Å². The van der Waals surface area contributed by atoms with Gasteiger partial charge in [-0.25, -0.2) is 0 Å². The van der Waals surface area contributed by atoms with Gasteiger partial charge in [0.25, 0.3) is 12.4 Å². The van der Waals surface area contributed by atoms with Crippen molar-refractivity contribution < 1.29 is 28.5 Å². The van der Waals surface area contributed by atoms with Gasteiger partial charge < -0.3 is 29.6 Å². The summed E-state index contributed by atoms with van der Waals surface area (Å²) in [5.41, 5.74) is -1.57. The molecule has 29 heavy (non-hydrogen) atoms. The monoisotopic (exact) mass is 420 g/mol. The van der Waals surface area contributed by atoms with E-state index < -0.39 is 11.2 Å². The van der Waals surface area contributed by atoms with Gasteiger partial charge in [0.2, 0.25) is 0 Å². The van der Waals surface area contributed by atoms with Crippen molar-refractivity contribution in [1.29, 1.82) is 0 Å². The highest BCUT2D eigenvalue weighted by molar-refractivity contribution is 5.84. The summed E-state index contributed by atoms with van der Waals surface area (Å²) in [6, 6.07) is 0. The molecule has 0 aliphatic carbocycles. The van der Waals surface area contributed by atoms with Gasteiger partial charge >= 0.3 is 0 Å². The van der Waals surface area contributed by atoms with E-state index >= 15 is 0 Å². The number of amides is 1. The van der Waals surface area contributed by atoms with Crippen LogP contribution in [0.5, 0.6) is 0 Å². The SMILES string of the molecule is CCCNC.CCCOCCOCCNC(=O)C(C)(C)OCCC(C)(C)OC=O. The normalized spacial score (nSPS) is 11.4. The lowest BCUT2D eigenvalue weighted by atomic mass is 10.1. The molecule has 1 amide bonds. The fraction of sp³-hybridized carbons (Fsp3) is 0.905. The van der Waals surface area contributed by atoms with Crippen molar-refractivity contribution in [1.82, 2.24) is 10.6 Å². The molecule has 0 aromatic heterocycles. The van der Waals surface area contributed by atoms with Crippen LogP contribution in [0.3, 0.4) is 0 Å². The molecular formula is C21H44N2O6. The van der Waals surface area contributed by atoms with E-state index in [1.807, 2.05) is 7.05 Å². The Labute approximate surface area is 177 Å². The van der Waals surface area contributed by atoms with Gasteiger partial charge in [-0.05, 0) is 54.1 Å². The average molecular weight is 421 g/mol. The first-order valence-corrected chi connectivity index (χ1v) is 10.5. The lowest BCUT2D eigenvalue weighted by Crippen LogP contribution is -2.46. The lowest BCUT2D eigenvalue weighted by Gasteiger charge is -2.27. The fourth-order valence-corrected chi connectivity index (χ4v) is 1.97. The largest absolute Gasteiger partial charge is 0.462 e. The first kappa shape index (κ1) is 30.0. The molecule has 2 N–H and O–H groups in total. The Balaban J connectivity index is 0. The smallest absolute Gasteiger partial charge is 0.293 e. The van der Waals surface area contributed by atoms with Crippen LogP contribution in [0.4, 0.5) is 0 Å². The van der Waals surface area contributed by atoms with E-state index in [0.717, 1.165) is 19.6 Å². The topological polar surface area (TPSA) is 95.1 Å². The summed E-state index contributed by atoms with van der Waals surface area (Å²) in [4.78, 5) is 22.5. The molecule has 0 saturated carbocycles. The van der Waals surface area contributed by atoms with Crippen molar-refractivity contribution in [3.8, 4) is 0 Å². The van der Waals surface area contributed by atoms with E-state index in [9.17, 15) is 9.59 Å². The van der Waals surface area contributed by atoms with Crippen LogP contribution in [0.25, 0.3) is 0 Å². The first-order valence-electron chi connectivity index (χ1n) is 10.5. The number of ether oxygens (including phenoxy) is 4. The molecule has 0 atom stereocenters. The van der Waals surface area contributed by atoms with E-state index in [2.05, 4.69) is 24.5 Å². The molecule has 0 fully saturated rings. The van der Waals surface area contributed by atoms with Crippen LogP contribution in [-0.2, 0) is 28.5 Å². The van der Waals surface area contributed by atoms with Crippen LogP contribution < -0.4 is 10.6 Å². The molecule has 0 spiro atoms. The molecule has 0 aromatic carbocycles. The summed E-state index contributed by atoms with van der Waals surface area (Å²) in [7, 11) is 1.96. The van der Waals surface area contributed by atoms with Gasteiger partial charge in [0.15, 0.2) is 0 Å². The summed E-state index contributed by atoms with van der Waals surface area (Å²) in [6.07, 6.45) is 2.73. The molecule has 8 heteroatoms. The molecule has 0 aliphatic rings. The summed E-state index contributed by atoms with van der Waals surface area (Å²) in [5, 5.41) is 5.80. The Morgan fingerprint density at radius 2 is 1.52 bits per heavy atom. The second-order valence-electron chi connectivity index (χ2n) is 7.67. The molecular weight excluding hydrogens is 376 g/mol. The van der Waals surface area contributed by atoms with E-state index in [0.29, 0.717) is 45.9 Å². The Bertz CT molecular complexity index is 401. The van der Waals surface area contributed by atoms with Gasteiger partial charge in [0.05, 0.1) is 26.4 Å². The maximum absolute atomic E-state index is 12.1. The zero-order chi connectivity index (χ0) is 22.6. The number of hydrogen-bond donors (Lipinski definition) is 2. The van der Waals surface area contributed by atoms with Gasteiger partial charge in [-0.2, -0.15) is 0 Å².